The van der Waals surface area contributed by atoms with Crippen molar-refractivity contribution in [3.63, 3.8) is 0 Å². The van der Waals surface area contributed by atoms with Crippen molar-refractivity contribution in [2.45, 2.75) is 57.2 Å². The lowest BCUT2D eigenvalue weighted by molar-refractivity contribution is -0.153. The molecule has 29 heavy (non-hydrogen) atoms. The van der Waals surface area contributed by atoms with Gasteiger partial charge < -0.3 is 19.1 Å². The summed E-state index contributed by atoms with van der Waals surface area (Å²) in [6.07, 6.45) is -3.84. The number of aromatic nitrogens is 4. The second-order valence-electron chi connectivity index (χ2n) is 7.61. The summed E-state index contributed by atoms with van der Waals surface area (Å²) in [6.45, 7) is 2.36. The van der Waals surface area contributed by atoms with Crippen LogP contribution in [-0.4, -0.2) is 57.2 Å². The molecule has 5 rings (SSSR count). The molecule has 2 fully saturated rings. The van der Waals surface area contributed by atoms with Crippen molar-refractivity contribution < 1.29 is 22.4 Å². The number of halogens is 3. The number of anilines is 2. The van der Waals surface area contributed by atoms with Crippen LogP contribution in [0, 0.1) is 6.92 Å². The molecular weight excluding hydrogens is 393 g/mol. The van der Waals surface area contributed by atoms with Gasteiger partial charge in [-0.25, -0.2) is 0 Å². The van der Waals surface area contributed by atoms with Crippen molar-refractivity contribution in [1.29, 1.82) is 0 Å². The van der Waals surface area contributed by atoms with Crippen molar-refractivity contribution in [2.24, 2.45) is 0 Å². The largest absolute Gasteiger partial charge is 0.408 e. The topological polar surface area (TPSA) is 89.5 Å². The molecule has 12 heteroatoms. The maximum Gasteiger partial charge on any atom is 0.408 e. The summed E-state index contributed by atoms with van der Waals surface area (Å²) in [5.74, 6) is 0.729. The molecule has 2 aromatic heterocycles. The number of aryl methyl sites for hydroxylation is 1. The standard InChI is InChI=1S/C17H19F3N6O3/c1-9-21-13(23-29-9)7-26-12(17(18,19)20)2-3-24-15(27)5-14(22-16(24)26)25-6-11-4-10(25)8-28-11/h5,10-12H,2-4,6-8H2,1H3/t10-,11+,12+/m1/s1. The molecule has 5 heterocycles. The van der Waals surface area contributed by atoms with Gasteiger partial charge in [0.2, 0.25) is 11.8 Å². The first-order valence-electron chi connectivity index (χ1n) is 9.42. The van der Waals surface area contributed by atoms with Gasteiger partial charge in [-0.05, 0) is 12.8 Å². The minimum atomic E-state index is -4.49. The Balaban J connectivity index is 1.57. The number of morpholine rings is 1. The molecule has 0 amide bonds. The number of ether oxygens (including phenoxy) is 1. The Bertz CT molecular complexity index is 990. The van der Waals surface area contributed by atoms with Crippen LogP contribution in [0.4, 0.5) is 24.9 Å². The van der Waals surface area contributed by atoms with E-state index in [1.165, 1.54) is 10.6 Å². The SMILES string of the molecule is Cc1nc(CN2c3nc(N4C[C@@H]5C[C@@H]4CO5)cc(=O)n3CC[C@H]2C(F)(F)F)no1. The molecule has 2 aromatic rings. The highest BCUT2D eigenvalue weighted by molar-refractivity contribution is 5.49. The number of nitrogens with zero attached hydrogens (tertiary/aromatic N) is 6. The molecule has 2 bridgehead atoms. The summed E-state index contributed by atoms with van der Waals surface area (Å²) in [5.41, 5.74) is -0.372. The molecular formula is C17H19F3N6O3. The van der Waals surface area contributed by atoms with Crippen molar-refractivity contribution in [3.8, 4) is 0 Å². The molecule has 9 nitrogen and oxygen atoms in total. The van der Waals surface area contributed by atoms with Gasteiger partial charge >= 0.3 is 6.18 Å². The Morgan fingerprint density at radius 3 is 2.76 bits per heavy atom. The maximum absolute atomic E-state index is 13.8. The molecule has 0 unspecified atom stereocenters. The van der Waals surface area contributed by atoms with Crippen LogP contribution in [0.15, 0.2) is 15.4 Å². The number of rotatable bonds is 3. The van der Waals surface area contributed by atoms with E-state index in [0.717, 1.165) is 11.3 Å². The molecule has 3 aliphatic heterocycles. The average Bonchev–Trinajstić information content (AvgIpc) is 3.38. The summed E-state index contributed by atoms with van der Waals surface area (Å²) in [5, 5.41) is 3.72. The van der Waals surface area contributed by atoms with Crippen molar-refractivity contribution in [3.05, 3.63) is 28.1 Å². The second-order valence-corrected chi connectivity index (χ2v) is 7.61. The summed E-state index contributed by atoms with van der Waals surface area (Å²) in [4.78, 5) is 24.2. The van der Waals surface area contributed by atoms with Gasteiger partial charge in [0.1, 0.15) is 11.9 Å². The molecule has 156 valence electrons. The summed E-state index contributed by atoms with van der Waals surface area (Å²) in [6, 6.07) is -0.304. The minimum Gasteiger partial charge on any atom is -0.374 e. The zero-order valence-electron chi connectivity index (χ0n) is 15.6. The maximum atomic E-state index is 13.8. The van der Waals surface area contributed by atoms with Gasteiger partial charge in [-0.1, -0.05) is 5.16 Å². The number of hydrogen-bond donors (Lipinski definition) is 0. The lowest BCUT2D eigenvalue weighted by atomic mass is 10.1. The molecule has 0 radical (unpaired) electrons. The van der Waals surface area contributed by atoms with Crippen LogP contribution in [0.1, 0.15) is 24.6 Å². The summed E-state index contributed by atoms with van der Waals surface area (Å²) in [7, 11) is 0. The van der Waals surface area contributed by atoms with Gasteiger partial charge in [0.05, 0.1) is 25.3 Å². The van der Waals surface area contributed by atoms with Crippen molar-refractivity contribution >= 4 is 11.8 Å². The van der Waals surface area contributed by atoms with E-state index in [9.17, 15) is 18.0 Å². The quantitative estimate of drug-likeness (QED) is 0.744. The fourth-order valence-electron chi connectivity index (χ4n) is 4.36. The first-order chi connectivity index (χ1) is 13.8. The van der Waals surface area contributed by atoms with E-state index in [1.807, 2.05) is 4.90 Å². The molecule has 2 saturated heterocycles. The molecule has 3 aliphatic rings. The molecule has 3 atom stereocenters. The first kappa shape index (κ1) is 18.4. The van der Waals surface area contributed by atoms with E-state index >= 15 is 0 Å². The Morgan fingerprint density at radius 1 is 1.31 bits per heavy atom. The van der Waals surface area contributed by atoms with Gasteiger partial charge in [-0.2, -0.15) is 23.1 Å². The summed E-state index contributed by atoms with van der Waals surface area (Å²) < 4.78 is 53.1. The predicted octanol–water partition coefficient (Wildman–Crippen LogP) is 1.25. The number of fused-ring (bicyclic) bond motifs is 3. The lowest BCUT2D eigenvalue weighted by Gasteiger charge is -2.39. The monoisotopic (exact) mass is 412 g/mol. The van der Waals surface area contributed by atoms with Crippen LogP contribution < -0.4 is 15.4 Å². The second kappa shape index (κ2) is 6.44. The molecule has 0 saturated carbocycles. The normalized spacial score (nSPS) is 26.3. The van der Waals surface area contributed by atoms with E-state index < -0.39 is 12.2 Å². The van der Waals surface area contributed by atoms with E-state index in [4.69, 9.17) is 9.26 Å². The van der Waals surface area contributed by atoms with E-state index in [-0.39, 0.29) is 54.9 Å². The van der Waals surface area contributed by atoms with Crippen molar-refractivity contribution in [2.75, 3.05) is 23.0 Å². The van der Waals surface area contributed by atoms with Gasteiger partial charge in [-0.15, -0.1) is 0 Å². The van der Waals surface area contributed by atoms with Crippen LogP contribution in [-0.2, 0) is 17.8 Å². The van der Waals surface area contributed by atoms with Gasteiger partial charge in [-0.3, -0.25) is 9.36 Å². The van der Waals surface area contributed by atoms with Gasteiger partial charge in [0, 0.05) is 26.1 Å². The fourth-order valence-corrected chi connectivity index (χ4v) is 4.36. The third-order valence-electron chi connectivity index (χ3n) is 5.69. The Hall–Kier alpha value is -2.63. The summed E-state index contributed by atoms with van der Waals surface area (Å²) >= 11 is 0. The van der Waals surface area contributed by atoms with Gasteiger partial charge in [0.25, 0.3) is 5.56 Å². The van der Waals surface area contributed by atoms with Crippen LogP contribution in [0.25, 0.3) is 0 Å². The number of hydrogen-bond acceptors (Lipinski definition) is 8. The zero-order chi connectivity index (χ0) is 20.3. The third kappa shape index (κ3) is 3.15. The number of alkyl halides is 3. The predicted molar refractivity (Wildman–Crippen MR) is 93.7 cm³/mol. The zero-order valence-corrected chi connectivity index (χ0v) is 15.6. The van der Waals surface area contributed by atoms with Crippen LogP contribution in [0.5, 0.6) is 0 Å². The van der Waals surface area contributed by atoms with Crippen LogP contribution >= 0.6 is 0 Å². The Morgan fingerprint density at radius 2 is 2.14 bits per heavy atom. The smallest absolute Gasteiger partial charge is 0.374 e. The lowest BCUT2D eigenvalue weighted by Crippen LogP contribution is -2.52. The van der Waals surface area contributed by atoms with Gasteiger partial charge in [0.15, 0.2) is 5.82 Å². The average molecular weight is 412 g/mol. The molecule has 0 aromatic carbocycles. The van der Waals surface area contributed by atoms with E-state index in [0.29, 0.717) is 19.0 Å². The Kier molecular flexibility index (Phi) is 4.09. The highest BCUT2D eigenvalue weighted by Crippen LogP contribution is 2.36. The van der Waals surface area contributed by atoms with E-state index in [1.54, 1.807) is 6.92 Å². The van der Waals surface area contributed by atoms with E-state index in [2.05, 4.69) is 15.1 Å². The van der Waals surface area contributed by atoms with Crippen LogP contribution in [0.3, 0.4) is 0 Å². The minimum absolute atomic E-state index is 0.0211. The van der Waals surface area contributed by atoms with Crippen LogP contribution in [0.2, 0.25) is 0 Å². The highest BCUT2D eigenvalue weighted by atomic mass is 19.4. The highest BCUT2D eigenvalue weighted by Gasteiger charge is 2.48. The van der Waals surface area contributed by atoms with Crippen molar-refractivity contribution in [1.82, 2.24) is 19.7 Å². The molecule has 0 N–H and O–H groups in total. The third-order valence-corrected chi connectivity index (χ3v) is 5.69. The molecule has 0 aliphatic carbocycles. The Labute approximate surface area is 163 Å². The molecule has 0 spiro atoms. The first-order valence-corrected chi connectivity index (χ1v) is 9.42. The fraction of sp³-hybridized carbons (Fsp3) is 0.647.